The largest absolute Gasteiger partial charge is 0.465 e. The minimum absolute atomic E-state index is 0.176. The van der Waals surface area contributed by atoms with Crippen LogP contribution in [0, 0.1) is 0 Å². The highest BCUT2D eigenvalue weighted by molar-refractivity contribution is 5.97. The molecule has 0 fully saturated rings. The molecule has 0 aliphatic carbocycles. The average Bonchev–Trinajstić information content (AvgIpc) is 2.42. The summed E-state index contributed by atoms with van der Waals surface area (Å²) in [6, 6.07) is 10.0. The number of nitrogens with zero attached hydrogens (tertiary/aromatic N) is 1. The van der Waals surface area contributed by atoms with E-state index in [-0.39, 0.29) is 5.97 Å². The molecule has 0 spiro atoms. The van der Waals surface area contributed by atoms with Crippen LogP contribution < -0.4 is 0 Å². The number of rotatable bonds is 8. The van der Waals surface area contributed by atoms with E-state index in [9.17, 15) is 4.79 Å². The highest BCUT2D eigenvalue weighted by atomic mass is 16.5. The van der Waals surface area contributed by atoms with Crippen molar-refractivity contribution < 1.29 is 9.53 Å². The van der Waals surface area contributed by atoms with Crippen LogP contribution in [0.5, 0.6) is 0 Å². The Hall–Kier alpha value is -1.64. The average molecular weight is 261 g/mol. The van der Waals surface area contributed by atoms with Gasteiger partial charge in [-0.2, -0.15) is 0 Å². The lowest BCUT2D eigenvalue weighted by Gasteiger charge is -2.04. The Balaban J connectivity index is 2.25. The third-order valence-electron chi connectivity index (χ3n) is 2.79. The van der Waals surface area contributed by atoms with Gasteiger partial charge in [-0.05, 0) is 18.9 Å². The van der Waals surface area contributed by atoms with Crippen molar-refractivity contribution >= 4 is 11.7 Å². The second-order valence-electron chi connectivity index (χ2n) is 4.64. The molecule has 3 heteroatoms. The molecule has 3 nitrogen and oxygen atoms in total. The van der Waals surface area contributed by atoms with Gasteiger partial charge in [0.25, 0.3) is 0 Å². The molecular weight excluding hydrogens is 238 g/mol. The van der Waals surface area contributed by atoms with E-state index in [0.717, 1.165) is 30.5 Å². The number of carbonyl (C=O) groups excluding carboxylic acids is 1. The van der Waals surface area contributed by atoms with E-state index < -0.39 is 0 Å². The molecular formula is C16H23NO2. The zero-order valence-electron chi connectivity index (χ0n) is 11.9. The predicted octanol–water partition coefficient (Wildman–Crippen LogP) is 3.77. The first-order valence-corrected chi connectivity index (χ1v) is 6.92. The van der Waals surface area contributed by atoms with E-state index in [0.29, 0.717) is 19.6 Å². The molecule has 0 aromatic heterocycles. The van der Waals surface area contributed by atoms with Crippen molar-refractivity contribution in [2.75, 3.05) is 6.61 Å². The second kappa shape index (κ2) is 9.31. The van der Waals surface area contributed by atoms with Crippen molar-refractivity contribution in [3.05, 3.63) is 35.9 Å². The summed E-state index contributed by atoms with van der Waals surface area (Å²) in [7, 11) is 0. The Morgan fingerprint density at radius 1 is 1.21 bits per heavy atom. The molecule has 0 saturated heterocycles. The predicted molar refractivity (Wildman–Crippen MR) is 78.4 cm³/mol. The number of esters is 1. The quantitative estimate of drug-likeness (QED) is 0.406. The van der Waals surface area contributed by atoms with Crippen LogP contribution in [0.3, 0.4) is 0 Å². The number of ether oxygens (including phenoxy) is 1. The Bertz CT molecular complexity index is 398. The summed E-state index contributed by atoms with van der Waals surface area (Å²) < 4.78 is 5.15. The molecule has 104 valence electrons. The van der Waals surface area contributed by atoms with Crippen LogP contribution in [0.25, 0.3) is 0 Å². The zero-order chi connectivity index (χ0) is 13.9. The van der Waals surface area contributed by atoms with E-state index in [1.807, 2.05) is 37.3 Å². The monoisotopic (exact) mass is 261 g/mol. The molecule has 0 N–H and O–H groups in total. The van der Waals surface area contributed by atoms with Crippen molar-refractivity contribution in [2.24, 2.45) is 4.99 Å². The summed E-state index contributed by atoms with van der Waals surface area (Å²) in [6.45, 7) is 5.15. The highest BCUT2D eigenvalue weighted by Crippen LogP contribution is 2.02. The minimum atomic E-state index is -0.176. The van der Waals surface area contributed by atoms with Crippen molar-refractivity contribution in [2.45, 2.75) is 46.1 Å². The number of carbonyl (C=O) groups is 1. The summed E-state index contributed by atoms with van der Waals surface area (Å²) in [6.07, 6.45) is 3.48. The summed E-state index contributed by atoms with van der Waals surface area (Å²) in [5.74, 6) is -0.176. The van der Waals surface area contributed by atoms with Crippen molar-refractivity contribution in [1.82, 2.24) is 0 Å². The van der Waals surface area contributed by atoms with Gasteiger partial charge in [-0.1, -0.05) is 50.1 Å². The van der Waals surface area contributed by atoms with Crippen LogP contribution >= 0.6 is 0 Å². The van der Waals surface area contributed by atoms with Gasteiger partial charge in [0.1, 0.15) is 0 Å². The van der Waals surface area contributed by atoms with Crippen LogP contribution in [-0.2, 0) is 16.1 Å². The van der Waals surface area contributed by atoms with Crippen LogP contribution in [0.1, 0.15) is 45.1 Å². The van der Waals surface area contributed by atoms with Crippen molar-refractivity contribution in [1.29, 1.82) is 0 Å². The third-order valence-corrected chi connectivity index (χ3v) is 2.79. The number of unbranched alkanes of at least 4 members (excludes halogenated alkanes) is 2. The summed E-state index contributed by atoms with van der Waals surface area (Å²) >= 11 is 0. The molecule has 0 amide bonds. The molecule has 0 saturated carbocycles. The number of aliphatic imine (C=N–C) groups is 1. The van der Waals surface area contributed by atoms with Crippen LogP contribution in [-0.4, -0.2) is 18.3 Å². The first-order valence-electron chi connectivity index (χ1n) is 6.92. The van der Waals surface area contributed by atoms with E-state index in [1.54, 1.807) is 0 Å². The highest BCUT2D eigenvalue weighted by Gasteiger charge is 2.04. The first kappa shape index (κ1) is 15.4. The second-order valence-corrected chi connectivity index (χ2v) is 4.64. The lowest BCUT2D eigenvalue weighted by molar-refractivity contribution is -0.142. The minimum Gasteiger partial charge on any atom is -0.465 e. The van der Waals surface area contributed by atoms with Crippen LogP contribution in [0.2, 0.25) is 0 Å². The van der Waals surface area contributed by atoms with E-state index in [2.05, 4.69) is 11.9 Å². The maximum atomic E-state index is 11.5. The number of benzene rings is 1. The first-order chi connectivity index (χ1) is 9.22. The fraction of sp³-hybridized carbons (Fsp3) is 0.500. The molecule has 19 heavy (non-hydrogen) atoms. The van der Waals surface area contributed by atoms with Crippen LogP contribution in [0.15, 0.2) is 35.3 Å². The zero-order valence-corrected chi connectivity index (χ0v) is 11.9. The molecule has 0 heterocycles. The van der Waals surface area contributed by atoms with Gasteiger partial charge in [-0.15, -0.1) is 0 Å². The maximum absolute atomic E-state index is 11.5. The molecule has 1 aromatic carbocycles. The molecule has 0 atom stereocenters. The standard InChI is InChI=1S/C16H23NO2/c1-3-4-8-11-19-16(18)12-14(2)17-13-15-9-6-5-7-10-15/h5-7,9-10H,3-4,8,11-13H2,1-2H3. The number of hydrogen-bond donors (Lipinski definition) is 0. The summed E-state index contributed by atoms with van der Waals surface area (Å²) in [5.41, 5.74) is 1.97. The Morgan fingerprint density at radius 2 is 1.95 bits per heavy atom. The summed E-state index contributed by atoms with van der Waals surface area (Å²) in [5, 5.41) is 0. The van der Waals surface area contributed by atoms with E-state index in [4.69, 9.17) is 4.74 Å². The van der Waals surface area contributed by atoms with E-state index >= 15 is 0 Å². The lowest BCUT2D eigenvalue weighted by atomic mass is 10.2. The van der Waals surface area contributed by atoms with Gasteiger partial charge in [0, 0.05) is 5.71 Å². The Labute approximate surface area is 115 Å². The molecule has 1 aromatic rings. The van der Waals surface area contributed by atoms with Crippen LogP contribution in [0.4, 0.5) is 0 Å². The molecule has 0 aliphatic heterocycles. The van der Waals surface area contributed by atoms with Gasteiger partial charge in [-0.3, -0.25) is 9.79 Å². The summed E-state index contributed by atoms with van der Waals surface area (Å²) in [4.78, 5) is 15.9. The Morgan fingerprint density at radius 3 is 2.63 bits per heavy atom. The van der Waals surface area contributed by atoms with Gasteiger partial charge in [0.05, 0.1) is 19.6 Å². The molecule has 1 rings (SSSR count). The van der Waals surface area contributed by atoms with Gasteiger partial charge in [-0.25, -0.2) is 0 Å². The fourth-order valence-corrected chi connectivity index (χ4v) is 1.66. The molecule has 0 aliphatic rings. The van der Waals surface area contributed by atoms with E-state index in [1.165, 1.54) is 0 Å². The van der Waals surface area contributed by atoms with Gasteiger partial charge < -0.3 is 4.74 Å². The van der Waals surface area contributed by atoms with Crippen molar-refractivity contribution in [3.8, 4) is 0 Å². The molecule has 0 radical (unpaired) electrons. The van der Waals surface area contributed by atoms with Gasteiger partial charge >= 0.3 is 5.97 Å². The van der Waals surface area contributed by atoms with Crippen molar-refractivity contribution in [3.63, 3.8) is 0 Å². The Kier molecular flexibility index (Phi) is 7.56. The lowest BCUT2D eigenvalue weighted by Crippen LogP contribution is -2.10. The third kappa shape index (κ3) is 7.39. The molecule has 0 unspecified atom stereocenters. The maximum Gasteiger partial charge on any atom is 0.311 e. The normalized spacial score (nSPS) is 11.4. The SMILES string of the molecule is CCCCCOC(=O)CC(C)=NCc1ccccc1. The van der Waals surface area contributed by atoms with Gasteiger partial charge in [0.15, 0.2) is 0 Å². The van der Waals surface area contributed by atoms with Gasteiger partial charge in [0.2, 0.25) is 0 Å². The topological polar surface area (TPSA) is 38.7 Å². The fourth-order valence-electron chi connectivity index (χ4n) is 1.66. The molecule has 0 bridgehead atoms. The smallest absolute Gasteiger partial charge is 0.311 e. The number of hydrogen-bond acceptors (Lipinski definition) is 3.